The second-order valence-electron chi connectivity index (χ2n) is 5.70. The van der Waals surface area contributed by atoms with Crippen LogP contribution in [0.2, 0.25) is 5.02 Å². The minimum Gasteiger partial charge on any atom is -0.345 e. The number of rotatable bonds is 1. The number of aromatic amines is 1. The molecular weight excluding hydrogens is 286 g/mol. The van der Waals surface area contributed by atoms with Gasteiger partial charge in [0.2, 0.25) is 0 Å². The summed E-state index contributed by atoms with van der Waals surface area (Å²) in [5.74, 6) is 0.799. The third-order valence-electron chi connectivity index (χ3n) is 4.57. The summed E-state index contributed by atoms with van der Waals surface area (Å²) in [6, 6.07) is 4.55. The van der Waals surface area contributed by atoms with E-state index >= 15 is 0 Å². The molecule has 0 aromatic carbocycles. The van der Waals surface area contributed by atoms with Gasteiger partial charge in [-0.2, -0.15) is 10.4 Å². The second kappa shape index (κ2) is 4.47. The molecule has 4 rings (SSSR count). The van der Waals surface area contributed by atoms with Gasteiger partial charge in [0.05, 0.1) is 28.5 Å². The highest BCUT2D eigenvalue weighted by Gasteiger charge is 2.42. The first-order valence-corrected chi connectivity index (χ1v) is 7.44. The number of aryl methyl sites for hydroxylation is 1. The molecule has 6 heteroatoms. The zero-order chi connectivity index (χ0) is 14.6. The van der Waals surface area contributed by atoms with Gasteiger partial charge in [-0.1, -0.05) is 11.6 Å². The predicted octanol–water partition coefficient (Wildman–Crippen LogP) is 2.90. The third kappa shape index (κ3) is 1.76. The number of pyridine rings is 1. The monoisotopic (exact) mass is 299 g/mol. The molecule has 1 saturated heterocycles. The van der Waals surface area contributed by atoms with Gasteiger partial charge in [-0.15, -0.1) is 0 Å². The van der Waals surface area contributed by atoms with Crippen LogP contribution in [0.25, 0.3) is 0 Å². The Morgan fingerprint density at radius 1 is 1.48 bits per heavy atom. The van der Waals surface area contributed by atoms with E-state index < -0.39 is 0 Å². The summed E-state index contributed by atoms with van der Waals surface area (Å²) >= 11 is 6.39. The fraction of sp³-hybridized carbons (Fsp3) is 0.400. The maximum atomic E-state index is 9.09. The van der Waals surface area contributed by atoms with Crippen molar-refractivity contribution in [1.29, 1.82) is 5.26 Å². The summed E-state index contributed by atoms with van der Waals surface area (Å²) in [5.41, 5.74) is 3.76. The Morgan fingerprint density at radius 3 is 3.14 bits per heavy atom. The van der Waals surface area contributed by atoms with Crippen molar-refractivity contribution < 1.29 is 0 Å². The molecule has 0 unspecified atom stereocenters. The van der Waals surface area contributed by atoms with Crippen molar-refractivity contribution in [3.8, 4) is 6.07 Å². The first kappa shape index (κ1) is 12.7. The van der Waals surface area contributed by atoms with E-state index in [9.17, 15) is 0 Å². The number of halogens is 1. The van der Waals surface area contributed by atoms with Crippen LogP contribution >= 0.6 is 11.6 Å². The van der Waals surface area contributed by atoms with Crippen LogP contribution in [0.3, 0.4) is 0 Å². The Bertz CT molecular complexity index is 760. The number of H-pyrrole nitrogens is 1. The molecule has 1 fully saturated rings. The average Bonchev–Trinajstić information content (AvgIpc) is 3.06. The van der Waals surface area contributed by atoms with Crippen LogP contribution in [0.15, 0.2) is 12.3 Å². The van der Waals surface area contributed by atoms with E-state index in [4.69, 9.17) is 16.9 Å². The molecule has 2 aromatic rings. The highest BCUT2D eigenvalue weighted by atomic mass is 35.5. The fourth-order valence-corrected chi connectivity index (χ4v) is 3.83. The van der Waals surface area contributed by atoms with Crippen molar-refractivity contribution >= 4 is 17.4 Å². The molecule has 0 radical (unpaired) electrons. The van der Waals surface area contributed by atoms with Gasteiger partial charge in [0.15, 0.2) is 0 Å². The number of fused-ring (bicyclic) bond motifs is 4. The number of nitrogens with one attached hydrogen (secondary N) is 1. The number of nitriles is 1. The summed E-state index contributed by atoms with van der Waals surface area (Å²) in [5, 5.41) is 16.9. The van der Waals surface area contributed by atoms with E-state index in [0.29, 0.717) is 16.6 Å². The first-order chi connectivity index (χ1) is 10.2. The maximum Gasteiger partial charge on any atom is 0.148 e. The zero-order valence-electron chi connectivity index (χ0n) is 11.6. The molecule has 2 aliphatic rings. The first-order valence-electron chi connectivity index (χ1n) is 7.06. The highest BCUT2D eigenvalue weighted by molar-refractivity contribution is 6.33. The van der Waals surface area contributed by atoms with Gasteiger partial charge in [0.1, 0.15) is 11.9 Å². The number of nitrogens with zero attached hydrogens (tertiary/aromatic N) is 4. The molecule has 0 aliphatic carbocycles. The van der Waals surface area contributed by atoms with Gasteiger partial charge in [-0.05, 0) is 25.8 Å². The Morgan fingerprint density at radius 2 is 2.33 bits per heavy atom. The van der Waals surface area contributed by atoms with Crippen LogP contribution in [0.4, 0.5) is 5.82 Å². The average molecular weight is 300 g/mol. The lowest BCUT2D eigenvalue weighted by Gasteiger charge is -2.36. The van der Waals surface area contributed by atoms with Crippen molar-refractivity contribution in [2.75, 3.05) is 4.90 Å². The molecule has 0 spiro atoms. The number of aromatic nitrogens is 3. The van der Waals surface area contributed by atoms with Crippen LogP contribution < -0.4 is 4.90 Å². The maximum absolute atomic E-state index is 9.09. The summed E-state index contributed by atoms with van der Waals surface area (Å²) in [7, 11) is 0. The smallest absolute Gasteiger partial charge is 0.148 e. The zero-order valence-corrected chi connectivity index (χ0v) is 12.4. The lowest BCUT2D eigenvalue weighted by Crippen LogP contribution is -2.38. The molecular formula is C15H14ClN5. The van der Waals surface area contributed by atoms with Gasteiger partial charge >= 0.3 is 0 Å². The number of hydrogen-bond donors (Lipinski definition) is 1. The van der Waals surface area contributed by atoms with Gasteiger partial charge in [-0.3, -0.25) is 5.10 Å². The van der Waals surface area contributed by atoms with E-state index in [2.05, 4.69) is 26.2 Å². The SMILES string of the molecule is Cc1nc(N2[C@H]3CC[C@H]2c2cn[nH]c2C3)c(Cl)cc1C#N. The summed E-state index contributed by atoms with van der Waals surface area (Å²) in [6.07, 6.45) is 5.08. The van der Waals surface area contributed by atoms with E-state index in [1.165, 1.54) is 11.3 Å². The van der Waals surface area contributed by atoms with Crippen molar-refractivity contribution in [1.82, 2.24) is 15.2 Å². The third-order valence-corrected chi connectivity index (χ3v) is 4.84. The number of anilines is 1. The summed E-state index contributed by atoms with van der Waals surface area (Å²) < 4.78 is 0. The fourth-order valence-electron chi connectivity index (χ4n) is 3.58. The standard InChI is InChI=1S/C15H14ClN5/c1-8-9(6-17)4-12(16)15(19-8)21-10-2-3-14(21)11-7-18-20-13(11)5-10/h4,7,10,14H,2-3,5H2,1H3,(H,18,20)/t10-,14-/m0/s1. The Labute approximate surface area is 127 Å². The van der Waals surface area contributed by atoms with Crippen LogP contribution in [0.1, 0.15) is 41.4 Å². The minimum atomic E-state index is 0.287. The molecule has 2 bridgehead atoms. The molecule has 0 amide bonds. The van der Waals surface area contributed by atoms with E-state index in [1.807, 2.05) is 13.1 Å². The molecule has 106 valence electrons. The predicted molar refractivity (Wildman–Crippen MR) is 79.2 cm³/mol. The van der Waals surface area contributed by atoms with Crippen LogP contribution in [-0.2, 0) is 6.42 Å². The molecule has 1 N–H and O–H groups in total. The van der Waals surface area contributed by atoms with Gasteiger partial charge in [0.25, 0.3) is 0 Å². The van der Waals surface area contributed by atoms with Crippen LogP contribution in [0.5, 0.6) is 0 Å². The van der Waals surface area contributed by atoms with Gasteiger partial charge in [0, 0.05) is 23.7 Å². The lowest BCUT2D eigenvalue weighted by molar-refractivity contribution is 0.585. The van der Waals surface area contributed by atoms with Crippen molar-refractivity contribution in [2.45, 2.75) is 38.3 Å². The molecule has 0 saturated carbocycles. The van der Waals surface area contributed by atoms with Crippen molar-refractivity contribution in [3.63, 3.8) is 0 Å². The van der Waals surface area contributed by atoms with E-state index in [1.54, 1.807) is 6.07 Å². The largest absolute Gasteiger partial charge is 0.345 e. The normalized spacial score (nSPS) is 23.0. The molecule has 2 aliphatic heterocycles. The minimum absolute atomic E-state index is 0.287. The molecule has 5 nitrogen and oxygen atoms in total. The Hall–Kier alpha value is -2.06. The van der Waals surface area contributed by atoms with Gasteiger partial charge in [-0.25, -0.2) is 4.98 Å². The van der Waals surface area contributed by atoms with Crippen molar-refractivity contribution in [3.05, 3.63) is 39.8 Å². The van der Waals surface area contributed by atoms with E-state index in [0.717, 1.165) is 30.8 Å². The van der Waals surface area contributed by atoms with Gasteiger partial charge < -0.3 is 4.90 Å². The summed E-state index contributed by atoms with van der Waals surface area (Å²) in [4.78, 5) is 6.92. The quantitative estimate of drug-likeness (QED) is 0.879. The lowest BCUT2D eigenvalue weighted by atomic mass is 10.00. The Balaban J connectivity index is 1.82. The van der Waals surface area contributed by atoms with Crippen molar-refractivity contribution in [2.24, 2.45) is 0 Å². The second-order valence-corrected chi connectivity index (χ2v) is 6.11. The molecule has 4 heterocycles. The van der Waals surface area contributed by atoms with Crippen LogP contribution in [-0.4, -0.2) is 21.2 Å². The molecule has 2 atom stereocenters. The molecule has 2 aromatic heterocycles. The number of hydrogen-bond acceptors (Lipinski definition) is 4. The topological polar surface area (TPSA) is 68.6 Å². The Kier molecular flexibility index (Phi) is 2.69. The molecule has 21 heavy (non-hydrogen) atoms. The van der Waals surface area contributed by atoms with E-state index in [-0.39, 0.29) is 6.04 Å². The van der Waals surface area contributed by atoms with Crippen LogP contribution in [0, 0.1) is 18.3 Å². The summed E-state index contributed by atoms with van der Waals surface area (Å²) in [6.45, 7) is 1.85. The highest BCUT2D eigenvalue weighted by Crippen LogP contribution is 2.46.